The van der Waals surface area contributed by atoms with E-state index in [0.29, 0.717) is 0 Å². The van der Waals surface area contributed by atoms with Crippen molar-refractivity contribution in [1.29, 1.82) is 0 Å². The highest BCUT2D eigenvalue weighted by Crippen LogP contribution is 2.51. The standard InChI is InChI=1S/C33H31N/c1-5-29-30-22-21-28(23-32(30)33(3,4)31(29)6-2)34(26-15-11-8-12-16-26)27-19-17-25(18-20-27)24-13-9-7-10-14-24/h5-23H,1-4H3/b29-5-,31-6+. The molecule has 0 bridgehead atoms. The fourth-order valence-corrected chi connectivity index (χ4v) is 5.34. The maximum atomic E-state index is 2.38. The van der Waals surface area contributed by atoms with E-state index in [2.05, 4.69) is 148 Å². The summed E-state index contributed by atoms with van der Waals surface area (Å²) < 4.78 is 0. The Morgan fingerprint density at radius 3 is 1.76 bits per heavy atom. The van der Waals surface area contributed by atoms with Gasteiger partial charge in [0.25, 0.3) is 0 Å². The fourth-order valence-electron chi connectivity index (χ4n) is 5.34. The first-order chi connectivity index (χ1) is 16.5. The number of rotatable bonds is 4. The van der Waals surface area contributed by atoms with Gasteiger partial charge in [0, 0.05) is 22.5 Å². The average Bonchev–Trinajstić information content (AvgIpc) is 3.11. The Labute approximate surface area is 203 Å². The first-order valence-electron chi connectivity index (χ1n) is 12.0. The van der Waals surface area contributed by atoms with Gasteiger partial charge in [0.15, 0.2) is 0 Å². The van der Waals surface area contributed by atoms with Gasteiger partial charge in [0.2, 0.25) is 0 Å². The topological polar surface area (TPSA) is 3.24 Å². The number of para-hydroxylation sites is 1. The molecule has 5 rings (SSSR count). The van der Waals surface area contributed by atoms with Crippen LogP contribution in [0.15, 0.2) is 121 Å². The van der Waals surface area contributed by atoms with Crippen LogP contribution < -0.4 is 4.90 Å². The zero-order chi connectivity index (χ0) is 23.7. The molecule has 1 aliphatic rings. The van der Waals surface area contributed by atoms with Gasteiger partial charge in [0.05, 0.1) is 0 Å². The van der Waals surface area contributed by atoms with Gasteiger partial charge in [-0.3, -0.25) is 0 Å². The third-order valence-corrected chi connectivity index (χ3v) is 7.01. The highest BCUT2D eigenvalue weighted by Gasteiger charge is 2.37. The number of fused-ring (bicyclic) bond motifs is 1. The number of allylic oxidation sites excluding steroid dienone is 4. The first-order valence-corrected chi connectivity index (χ1v) is 12.0. The summed E-state index contributed by atoms with van der Waals surface area (Å²) in [5.74, 6) is 0. The summed E-state index contributed by atoms with van der Waals surface area (Å²) in [7, 11) is 0. The van der Waals surface area contributed by atoms with E-state index >= 15 is 0 Å². The van der Waals surface area contributed by atoms with E-state index in [1.54, 1.807) is 0 Å². The third kappa shape index (κ3) is 3.68. The van der Waals surface area contributed by atoms with Crippen molar-refractivity contribution in [3.63, 3.8) is 0 Å². The van der Waals surface area contributed by atoms with E-state index in [9.17, 15) is 0 Å². The number of hydrogen-bond donors (Lipinski definition) is 0. The summed E-state index contributed by atoms with van der Waals surface area (Å²) in [5, 5.41) is 0. The molecule has 0 saturated carbocycles. The number of hydrogen-bond acceptors (Lipinski definition) is 1. The van der Waals surface area contributed by atoms with Crippen molar-refractivity contribution < 1.29 is 0 Å². The SMILES string of the molecule is C/C=C1\C(=C/C)c2ccc(N(c3ccccc3)c3ccc(-c4ccccc4)cc3)cc2C1(C)C. The molecule has 168 valence electrons. The molecule has 0 unspecified atom stereocenters. The largest absolute Gasteiger partial charge is 0.310 e. The summed E-state index contributed by atoms with van der Waals surface area (Å²) in [6, 6.07) is 37.0. The van der Waals surface area contributed by atoms with E-state index in [-0.39, 0.29) is 5.41 Å². The van der Waals surface area contributed by atoms with Gasteiger partial charge in [-0.05, 0) is 83.6 Å². The lowest BCUT2D eigenvalue weighted by Crippen LogP contribution is -2.16. The normalized spacial score (nSPS) is 16.6. The second kappa shape index (κ2) is 8.83. The lowest BCUT2D eigenvalue weighted by atomic mass is 9.82. The zero-order valence-electron chi connectivity index (χ0n) is 20.4. The van der Waals surface area contributed by atoms with Crippen LogP contribution in [0.4, 0.5) is 17.1 Å². The second-order valence-corrected chi connectivity index (χ2v) is 9.34. The maximum Gasteiger partial charge on any atom is 0.0465 e. The molecule has 0 radical (unpaired) electrons. The number of anilines is 3. The molecule has 1 heteroatoms. The Balaban J connectivity index is 1.63. The first kappa shape index (κ1) is 22.0. The average molecular weight is 442 g/mol. The van der Waals surface area contributed by atoms with Crippen molar-refractivity contribution in [2.45, 2.75) is 33.1 Å². The van der Waals surface area contributed by atoms with E-state index < -0.39 is 0 Å². The minimum atomic E-state index is -0.0263. The molecule has 0 amide bonds. The predicted molar refractivity (Wildman–Crippen MR) is 147 cm³/mol. The van der Waals surface area contributed by atoms with Crippen LogP contribution in [0, 0.1) is 0 Å². The monoisotopic (exact) mass is 441 g/mol. The van der Waals surface area contributed by atoms with E-state index in [1.165, 1.54) is 39.1 Å². The van der Waals surface area contributed by atoms with Gasteiger partial charge in [-0.1, -0.05) is 92.7 Å². The maximum absolute atomic E-state index is 2.38. The Kier molecular flexibility index (Phi) is 5.71. The van der Waals surface area contributed by atoms with Crippen LogP contribution in [-0.2, 0) is 5.41 Å². The summed E-state index contributed by atoms with van der Waals surface area (Å²) in [6.45, 7) is 8.96. The molecule has 0 spiro atoms. The van der Waals surface area contributed by atoms with Gasteiger partial charge in [-0.25, -0.2) is 0 Å². The molecular formula is C33H31N. The van der Waals surface area contributed by atoms with E-state index in [0.717, 1.165) is 11.4 Å². The van der Waals surface area contributed by atoms with Crippen LogP contribution in [0.5, 0.6) is 0 Å². The van der Waals surface area contributed by atoms with Gasteiger partial charge < -0.3 is 4.90 Å². The van der Waals surface area contributed by atoms with Gasteiger partial charge in [-0.15, -0.1) is 0 Å². The smallest absolute Gasteiger partial charge is 0.0465 e. The Hall–Kier alpha value is -3.84. The molecule has 0 aliphatic heterocycles. The van der Waals surface area contributed by atoms with Crippen molar-refractivity contribution in [3.05, 3.63) is 132 Å². The van der Waals surface area contributed by atoms with Crippen LogP contribution >= 0.6 is 0 Å². The van der Waals surface area contributed by atoms with Gasteiger partial charge in [-0.2, -0.15) is 0 Å². The minimum absolute atomic E-state index is 0.0263. The lowest BCUT2D eigenvalue weighted by Gasteiger charge is -2.28. The molecule has 0 atom stereocenters. The summed E-state index contributed by atoms with van der Waals surface area (Å²) in [4.78, 5) is 2.36. The molecular weight excluding hydrogens is 410 g/mol. The third-order valence-electron chi connectivity index (χ3n) is 7.01. The lowest BCUT2D eigenvalue weighted by molar-refractivity contribution is 0.659. The van der Waals surface area contributed by atoms with Gasteiger partial charge >= 0.3 is 0 Å². The zero-order valence-corrected chi connectivity index (χ0v) is 20.4. The fraction of sp³-hybridized carbons (Fsp3) is 0.152. The van der Waals surface area contributed by atoms with E-state index in [1.807, 2.05) is 0 Å². The molecule has 0 N–H and O–H groups in total. The second-order valence-electron chi connectivity index (χ2n) is 9.34. The summed E-state index contributed by atoms with van der Waals surface area (Å²) in [5.41, 5.74) is 11.4. The molecule has 0 fully saturated rings. The number of benzene rings is 4. The molecule has 0 saturated heterocycles. The molecule has 4 aromatic carbocycles. The van der Waals surface area contributed by atoms with Crippen molar-refractivity contribution in [2.75, 3.05) is 4.90 Å². The molecule has 0 aromatic heterocycles. The molecule has 0 heterocycles. The Morgan fingerprint density at radius 2 is 1.15 bits per heavy atom. The van der Waals surface area contributed by atoms with Crippen LogP contribution in [0.25, 0.3) is 16.7 Å². The van der Waals surface area contributed by atoms with Crippen LogP contribution in [0.3, 0.4) is 0 Å². The van der Waals surface area contributed by atoms with Crippen LogP contribution in [0.1, 0.15) is 38.8 Å². The van der Waals surface area contributed by atoms with Crippen molar-refractivity contribution in [2.24, 2.45) is 0 Å². The highest BCUT2D eigenvalue weighted by molar-refractivity contribution is 5.91. The minimum Gasteiger partial charge on any atom is -0.310 e. The summed E-state index contributed by atoms with van der Waals surface area (Å²) in [6.07, 6.45) is 4.52. The molecule has 1 aliphatic carbocycles. The predicted octanol–water partition coefficient (Wildman–Crippen LogP) is 9.46. The summed E-state index contributed by atoms with van der Waals surface area (Å²) >= 11 is 0. The van der Waals surface area contributed by atoms with Crippen LogP contribution in [0.2, 0.25) is 0 Å². The van der Waals surface area contributed by atoms with Crippen molar-refractivity contribution in [1.82, 2.24) is 0 Å². The van der Waals surface area contributed by atoms with E-state index in [4.69, 9.17) is 0 Å². The van der Waals surface area contributed by atoms with Crippen molar-refractivity contribution in [3.8, 4) is 11.1 Å². The molecule has 34 heavy (non-hydrogen) atoms. The number of nitrogens with zero attached hydrogens (tertiary/aromatic N) is 1. The van der Waals surface area contributed by atoms with Crippen LogP contribution in [-0.4, -0.2) is 0 Å². The Bertz CT molecular complexity index is 1360. The quantitative estimate of drug-likeness (QED) is 0.305. The Morgan fingerprint density at radius 1 is 0.588 bits per heavy atom. The molecule has 4 aromatic rings. The molecule has 1 nitrogen and oxygen atoms in total. The van der Waals surface area contributed by atoms with Crippen molar-refractivity contribution >= 4 is 22.6 Å². The van der Waals surface area contributed by atoms with Gasteiger partial charge in [0.1, 0.15) is 0 Å². The highest BCUT2D eigenvalue weighted by atomic mass is 15.1.